The Balaban J connectivity index is 1.74. The minimum atomic E-state index is 0.527. The van der Waals surface area contributed by atoms with E-state index in [0.717, 1.165) is 28.3 Å². The predicted molar refractivity (Wildman–Crippen MR) is 84.2 cm³/mol. The van der Waals surface area contributed by atoms with E-state index < -0.39 is 0 Å². The third-order valence-electron chi connectivity index (χ3n) is 3.97. The summed E-state index contributed by atoms with van der Waals surface area (Å²) in [6.07, 6.45) is 3.90. The standard InChI is InChI=1S/C15H20N2O2S/c1-18-13-7-6-11(8-14(13)19-2)16-15-17-12-5-3-4-10(12)9-20-15/h6-8,10,12H,3-5,9H2,1-2H3,(H,16,17). The highest BCUT2D eigenvalue weighted by atomic mass is 32.2. The number of nitrogens with zero attached hydrogens (tertiary/aromatic N) is 1. The van der Waals surface area contributed by atoms with Gasteiger partial charge in [-0.25, -0.2) is 0 Å². The summed E-state index contributed by atoms with van der Waals surface area (Å²) in [5.74, 6) is 3.45. The van der Waals surface area contributed by atoms with Crippen LogP contribution in [-0.2, 0) is 0 Å². The van der Waals surface area contributed by atoms with Gasteiger partial charge in [0.05, 0.1) is 20.3 Å². The third kappa shape index (κ3) is 2.73. The first-order chi connectivity index (χ1) is 9.80. The zero-order chi connectivity index (χ0) is 13.9. The van der Waals surface area contributed by atoms with Crippen LogP contribution in [0, 0.1) is 5.92 Å². The molecule has 1 aliphatic carbocycles. The van der Waals surface area contributed by atoms with Crippen molar-refractivity contribution < 1.29 is 9.47 Å². The summed E-state index contributed by atoms with van der Waals surface area (Å²) in [4.78, 5) is 4.83. The van der Waals surface area contributed by atoms with Gasteiger partial charge in [-0.1, -0.05) is 18.2 Å². The summed E-state index contributed by atoms with van der Waals surface area (Å²) < 4.78 is 10.6. The maximum absolute atomic E-state index is 5.32. The topological polar surface area (TPSA) is 42.8 Å². The second-order valence-corrected chi connectivity index (χ2v) is 6.21. The number of hydrogen-bond donors (Lipinski definition) is 1. The van der Waals surface area contributed by atoms with Crippen LogP contribution in [0.3, 0.4) is 0 Å². The van der Waals surface area contributed by atoms with Crippen LogP contribution in [0.2, 0.25) is 0 Å². The number of ether oxygens (including phenoxy) is 2. The fourth-order valence-electron chi connectivity index (χ4n) is 2.86. The number of aliphatic imine (C=N–C) groups is 1. The van der Waals surface area contributed by atoms with Crippen LogP contribution in [0.4, 0.5) is 5.69 Å². The van der Waals surface area contributed by atoms with Crippen LogP contribution in [0.5, 0.6) is 11.5 Å². The normalized spacial score (nSPS) is 24.8. The van der Waals surface area contributed by atoms with Crippen LogP contribution in [0.15, 0.2) is 23.2 Å². The molecule has 4 nitrogen and oxygen atoms in total. The Morgan fingerprint density at radius 1 is 1.20 bits per heavy atom. The molecule has 0 amide bonds. The van der Waals surface area contributed by atoms with Crippen LogP contribution >= 0.6 is 11.8 Å². The Labute approximate surface area is 123 Å². The second-order valence-electron chi connectivity index (χ2n) is 5.20. The molecule has 1 aliphatic heterocycles. The molecule has 2 aliphatic rings. The Morgan fingerprint density at radius 2 is 2.05 bits per heavy atom. The van der Waals surface area contributed by atoms with Gasteiger partial charge < -0.3 is 14.8 Å². The number of amidine groups is 1. The highest BCUT2D eigenvalue weighted by Gasteiger charge is 2.30. The minimum absolute atomic E-state index is 0.527. The Bertz CT molecular complexity index is 519. The van der Waals surface area contributed by atoms with Gasteiger partial charge in [0.2, 0.25) is 0 Å². The van der Waals surface area contributed by atoms with E-state index in [1.807, 2.05) is 30.0 Å². The molecule has 1 N–H and O–H groups in total. The number of benzene rings is 1. The van der Waals surface area contributed by atoms with Gasteiger partial charge in [0.25, 0.3) is 0 Å². The molecule has 0 saturated heterocycles. The van der Waals surface area contributed by atoms with Gasteiger partial charge in [0.1, 0.15) is 0 Å². The zero-order valence-electron chi connectivity index (χ0n) is 11.9. The molecule has 20 heavy (non-hydrogen) atoms. The molecule has 1 fully saturated rings. The molecule has 0 spiro atoms. The average molecular weight is 292 g/mol. The molecule has 1 heterocycles. The maximum Gasteiger partial charge on any atom is 0.162 e. The van der Waals surface area contributed by atoms with E-state index in [1.54, 1.807) is 14.2 Å². The van der Waals surface area contributed by atoms with E-state index in [4.69, 9.17) is 14.5 Å². The average Bonchev–Trinajstić information content (AvgIpc) is 2.94. The van der Waals surface area contributed by atoms with E-state index >= 15 is 0 Å². The van der Waals surface area contributed by atoms with Crippen LogP contribution in [0.25, 0.3) is 0 Å². The van der Waals surface area contributed by atoms with Gasteiger partial charge in [0, 0.05) is 17.5 Å². The second kappa shape index (κ2) is 5.95. The molecule has 5 heteroatoms. The van der Waals surface area contributed by atoms with Crippen molar-refractivity contribution in [2.75, 3.05) is 25.3 Å². The van der Waals surface area contributed by atoms with E-state index in [0.29, 0.717) is 6.04 Å². The molecule has 3 rings (SSSR count). The lowest BCUT2D eigenvalue weighted by atomic mass is 10.1. The molecule has 0 bridgehead atoms. The summed E-state index contributed by atoms with van der Waals surface area (Å²) in [6, 6.07) is 6.38. The van der Waals surface area contributed by atoms with E-state index in [2.05, 4.69) is 5.32 Å². The van der Waals surface area contributed by atoms with E-state index in [1.165, 1.54) is 25.0 Å². The molecular formula is C15H20N2O2S. The Kier molecular flexibility index (Phi) is 4.05. The zero-order valence-corrected chi connectivity index (χ0v) is 12.7. The monoisotopic (exact) mass is 292 g/mol. The first-order valence-corrected chi connectivity index (χ1v) is 7.98. The quantitative estimate of drug-likeness (QED) is 0.927. The number of thioether (sulfide) groups is 1. The highest BCUT2D eigenvalue weighted by molar-refractivity contribution is 8.14. The summed E-state index contributed by atoms with van der Waals surface area (Å²) in [5.41, 5.74) is 0.991. The summed E-state index contributed by atoms with van der Waals surface area (Å²) >= 11 is 1.82. The van der Waals surface area contributed by atoms with Crippen LogP contribution < -0.4 is 14.8 Å². The number of hydrogen-bond acceptors (Lipinski definition) is 5. The third-order valence-corrected chi connectivity index (χ3v) is 5.05. The predicted octanol–water partition coefficient (Wildman–Crippen LogP) is 3.39. The molecular weight excluding hydrogens is 272 g/mol. The van der Waals surface area contributed by atoms with Gasteiger partial charge in [-0.3, -0.25) is 4.99 Å². The van der Waals surface area contributed by atoms with Gasteiger partial charge >= 0.3 is 0 Å². The Morgan fingerprint density at radius 3 is 2.85 bits per heavy atom. The lowest BCUT2D eigenvalue weighted by Gasteiger charge is -2.23. The molecule has 0 radical (unpaired) electrons. The first kappa shape index (κ1) is 13.6. The largest absolute Gasteiger partial charge is 0.493 e. The van der Waals surface area contributed by atoms with Crippen molar-refractivity contribution in [3.05, 3.63) is 18.2 Å². The summed E-state index contributed by atoms with van der Waals surface area (Å²) in [5, 5.41) is 4.43. The van der Waals surface area contributed by atoms with Crippen molar-refractivity contribution >= 4 is 22.6 Å². The van der Waals surface area contributed by atoms with E-state index in [-0.39, 0.29) is 0 Å². The molecule has 1 aromatic rings. The fraction of sp³-hybridized carbons (Fsp3) is 0.533. The van der Waals surface area contributed by atoms with Crippen molar-refractivity contribution in [2.45, 2.75) is 25.3 Å². The maximum atomic E-state index is 5.32. The highest BCUT2D eigenvalue weighted by Crippen LogP contribution is 2.36. The smallest absolute Gasteiger partial charge is 0.162 e. The summed E-state index contributed by atoms with van der Waals surface area (Å²) in [7, 11) is 3.30. The fourth-order valence-corrected chi connectivity index (χ4v) is 4.02. The van der Waals surface area contributed by atoms with Crippen molar-refractivity contribution in [3.8, 4) is 11.5 Å². The molecule has 2 unspecified atom stereocenters. The van der Waals surface area contributed by atoms with Gasteiger partial charge in [-0.2, -0.15) is 0 Å². The lowest BCUT2D eigenvalue weighted by Crippen LogP contribution is -2.25. The number of nitrogens with one attached hydrogen (secondary N) is 1. The van der Waals surface area contributed by atoms with Crippen molar-refractivity contribution in [3.63, 3.8) is 0 Å². The number of methoxy groups -OCH3 is 2. The number of anilines is 1. The molecule has 0 aromatic heterocycles. The number of rotatable bonds is 3. The molecule has 1 aromatic carbocycles. The molecule has 108 valence electrons. The van der Waals surface area contributed by atoms with Crippen molar-refractivity contribution in [1.29, 1.82) is 0 Å². The van der Waals surface area contributed by atoms with E-state index in [9.17, 15) is 0 Å². The van der Waals surface area contributed by atoms with Gasteiger partial charge in [-0.05, 0) is 30.9 Å². The van der Waals surface area contributed by atoms with Crippen molar-refractivity contribution in [1.82, 2.24) is 0 Å². The van der Waals surface area contributed by atoms with Gasteiger partial charge in [-0.15, -0.1) is 0 Å². The van der Waals surface area contributed by atoms with Crippen LogP contribution in [-0.4, -0.2) is 31.2 Å². The molecule has 2 atom stereocenters. The number of fused-ring (bicyclic) bond motifs is 1. The molecule has 1 saturated carbocycles. The first-order valence-electron chi connectivity index (χ1n) is 7.00. The van der Waals surface area contributed by atoms with Gasteiger partial charge in [0.15, 0.2) is 16.7 Å². The SMILES string of the molecule is COc1ccc(NC2=NC3CCCC3CS2)cc1OC. The minimum Gasteiger partial charge on any atom is -0.493 e. The Hall–Kier alpha value is -1.36. The van der Waals surface area contributed by atoms with Crippen molar-refractivity contribution in [2.24, 2.45) is 10.9 Å². The van der Waals surface area contributed by atoms with Crippen LogP contribution in [0.1, 0.15) is 19.3 Å². The summed E-state index contributed by atoms with van der Waals surface area (Å²) in [6.45, 7) is 0. The lowest BCUT2D eigenvalue weighted by molar-refractivity contribution is 0.355.